The number of benzene rings is 1. The second kappa shape index (κ2) is 8.65. The number of hydrogen-bond donors (Lipinski definition) is 1. The predicted molar refractivity (Wildman–Crippen MR) is 92.4 cm³/mol. The fourth-order valence-corrected chi connectivity index (χ4v) is 3.42. The maximum absolute atomic E-state index is 12.4. The summed E-state index contributed by atoms with van der Waals surface area (Å²) in [6.07, 6.45) is 5.49. The molecule has 2 N–H and O–H groups in total. The fourth-order valence-electron chi connectivity index (χ4n) is 2.90. The molecule has 0 radical (unpaired) electrons. The van der Waals surface area contributed by atoms with Crippen molar-refractivity contribution in [1.82, 2.24) is 4.90 Å². The van der Waals surface area contributed by atoms with Crippen LogP contribution in [-0.4, -0.2) is 34.4 Å². The molecule has 1 fully saturated rings. The Hall–Kier alpha value is -0.910. The summed E-state index contributed by atoms with van der Waals surface area (Å²) in [6.45, 7) is 0.585. The van der Waals surface area contributed by atoms with Crippen LogP contribution in [-0.2, 0) is 22.1 Å². The Balaban J connectivity index is 0.00000242. The topological polar surface area (TPSA) is 63.4 Å². The van der Waals surface area contributed by atoms with E-state index in [4.69, 9.17) is 5.73 Å². The third-order valence-electron chi connectivity index (χ3n) is 4.12. The van der Waals surface area contributed by atoms with Crippen LogP contribution in [0, 0.1) is 5.92 Å². The van der Waals surface area contributed by atoms with E-state index < -0.39 is 10.8 Å². The van der Waals surface area contributed by atoms with Crippen molar-refractivity contribution in [3.8, 4) is 0 Å². The Morgan fingerprint density at radius 1 is 1.32 bits per heavy atom. The lowest BCUT2D eigenvalue weighted by Crippen LogP contribution is -2.38. The van der Waals surface area contributed by atoms with Crippen LogP contribution in [0.3, 0.4) is 0 Å². The summed E-state index contributed by atoms with van der Waals surface area (Å²) in [6, 6.07) is 7.76. The van der Waals surface area contributed by atoms with E-state index in [1.54, 1.807) is 11.2 Å². The summed E-state index contributed by atoms with van der Waals surface area (Å²) in [7, 11) is 0.881. The highest BCUT2D eigenvalue weighted by molar-refractivity contribution is 7.84. The Bertz CT molecular complexity index is 521. The summed E-state index contributed by atoms with van der Waals surface area (Å²) < 4.78 is 11.4. The SMILES string of the molecule is CN(Cc1ccc(S(C)=O)cc1)C(=O)C1CCCC(N)C1.Cl. The molecule has 0 heterocycles. The van der Waals surface area contributed by atoms with E-state index in [0.29, 0.717) is 6.54 Å². The Morgan fingerprint density at radius 3 is 2.50 bits per heavy atom. The molecule has 1 aromatic carbocycles. The number of carbonyl (C=O) groups excluding carboxylic acids is 1. The van der Waals surface area contributed by atoms with Gasteiger partial charge in [-0.05, 0) is 37.0 Å². The minimum atomic E-state index is -0.961. The molecule has 22 heavy (non-hydrogen) atoms. The third-order valence-corrected chi connectivity index (χ3v) is 5.05. The van der Waals surface area contributed by atoms with Gasteiger partial charge < -0.3 is 10.6 Å². The molecule has 1 aliphatic carbocycles. The minimum Gasteiger partial charge on any atom is -0.341 e. The van der Waals surface area contributed by atoms with Crippen LogP contribution >= 0.6 is 12.4 Å². The standard InChI is InChI=1S/C16H24N2O2S.ClH/c1-18(16(19)13-4-3-5-14(17)10-13)11-12-6-8-15(9-7-12)21(2)20;/h6-9,13-14H,3-5,10-11,17H2,1-2H3;1H. The Kier molecular flexibility index (Phi) is 7.53. The second-order valence-electron chi connectivity index (χ2n) is 5.92. The van der Waals surface area contributed by atoms with Crippen molar-refractivity contribution in [2.75, 3.05) is 13.3 Å². The van der Waals surface area contributed by atoms with Gasteiger partial charge in [-0.3, -0.25) is 9.00 Å². The molecule has 4 nitrogen and oxygen atoms in total. The molecule has 0 spiro atoms. The zero-order valence-corrected chi connectivity index (χ0v) is 14.8. The largest absolute Gasteiger partial charge is 0.341 e. The van der Waals surface area contributed by atoms with Crippen molar-refractivity contribution >= 4 is 29.1 Å². The average molecular weight is 345 g/mol. The number of halogens is 1. The number of rotatable bonds is 4. The van der Waals surface area contributed by atoms with Gasteiger partial charge in [0, 0.05) is 47.5 Å². The Morgan fingerprint density at radius 2 is 1.95 bits per heavy atom. The summed E-state index contributed by atoms with van der Waals surface area (Å²) in [4.78, 5) is 15.0. The molecule has 2 rings (SSSR count). The van der Waals surface area contributed by atoms with Crippen molar-refractivity contribution in [3.05, 3.63) is 29.8 Å². The number of nitrogens with zero attached hydrogens (tertiary/aromatic N) is 1. The van der Waals surface area contributed by atoms with Crippen molar-refractivity contribution in [1.29, 1.82) is 0 Å². The zero-order valence-electron chi connectivity index (χ0n) is 13.2. The van der Waals surface area contributed by atoms with E-state index in [0.717, 1.165) is 36.1 Å². The first-order valence-corrected chi connectivity index (χ1v) is 8.96. The Labute approximate surface area is 141 Å². The van der Waals surface area contributed by atoms with Gasteiger partial charge in [0.1, 0.15) is 0 Å². The van der Waals surface area contributed by atoms with Gasteiger partial charge in [0.2, 0.25) is 5.91 Å². The molecule has 1 saturated carbocycles. The molecule has 0 bridgehead atoms. The van der Waals surface area contributed by atoms with Gasteiger partial charge in [-0.1, -0.05) is 18.6 Å². The van der Waals surface area contributed by atoms with Crippen LogP contribution in [0.2, 0.25) is 0 Å². The molecule has 3 atom stereocenters. The number of hydrogen-bond acceptors (Lipinski definition) is 3. The predicted octanol–water partition coefficient (Wildman–Crippen LogP) is 2.32. The van der Waals surface area contributed by atoms with Gasteiger partial charge >= 0.3 is 0 Å². The van der Waals surface area contributed by atoms with Crippen LogP contribution in [0.4, 0.5) is 0 Å². The van der Waals surface area contributed by atoms with Gasteiger partial charge in [-0.15, -0.1) is 12.4 Å². The van der Waals surface area contributed by atoms with Crippen LogP contribution in [0.25, 0.3) is 0 Å². The van der Waals surface area contributed by atoms with Gasteiger partial charge in [0.25, 0.3) is 0 Å². The summed E-state index contributed by atoms with van der Waals surface area (Å²) in [5, 5.41) is 0. The van der Waals surface area contributed by atoms with Gasteiger partial charge in [0.15, 0.2) is 0 Å². The van der Waals surface area contributed by atoms with E-state index in [-0.39, 0.29) is 30.3 Å². The molecule has 1 amide bonds. The van der Waals surface area contributed by atoms with Crippen LogP contribution in [0.15, 0.2) is 29.2 Å². The zero-order chi connectivity index (χ0) is 15.4. The average Bonchev–Trinajstić information content (AvgIpc) is 2.47. The normalized spacial score (nSPS) is 22.5. The molecule has 0 aliphatic heterocycles. The molecular formula is C16H25ClN2O2S. The number of carbonyl (C=O) groups is 1. The van der Waals surface area contributed by atoms with Gasteiger partial charge in [0.05, 0.1) is 0 Å². The smallest absolute Gasteiger partial charge is 0.225 e. The van der Waals surface area contributed by atoms with Crippen molar-refractivity contribution in [3.63, 3.8) is 0 Å². The lowest BCUT2D eigenvalue weighted by Gasteiger charge is -2.29. The van der Waals surface area contributed by atoms with Crippen molar-refractivity contribution in [2.45, 2.75) is 43.2 Å². The summed E-state index contributed by atoms with van der Waals surface area (Å²) in [5.74, 6) is 0.259. The van der Waals surface area contributed by atoms with Crippen LogP contribution in [0.1, 0.15) is 31.2 Å². The van der Waals surface area contributed by atoms with E-state index in [1.807, 2.05) is 31.3 Å². The molecule has 3 unspecified atom stereocenters. The monoisotopic (exact) mass is 344 g/mol. The third kappa shape index (κ3) is 5.07. The van der Waals surface area contributed by atoms with E-state index in [9.17, 15) is 9.00 Å². The van der Waals surface area contributed by atoms with Gasteiger partial charge in [-0.2, -0.15) is 0 Å². The lowest BCUT2D eigenvalue weighted by molar-refractivity contribution is -0.135. The fraction of sp³-hybridized carbons (Fsp3) is 0.562. The summed E-state index contributed by atoms with van der Waals surface area (Å²) in [5.41, 5.74) is 7.02. The van der Waals surface area contributed by atoms with Crippen molar-refractivity contribution < 1.29 is 9.00 Å². The first kappa shape index (κ1) is 19.1. The first-order valence-electron chi connectivity index (χ1n) is 7.40. The van der Waals surface area contributed by atoms with Crippen LogP contribution in [0.5, 0.6) is 0 Å². The van der Waals surface area contributed by atoms with Crippen LogP contribution < -0.4 is 5.73 Å². The van der Waals surface area contributed by atoms with Crippen molar-refractivity contribution in [2.24, 2.45) is 11.7 Å². The quantitative estimate of drug-likeness (QED) is 0.911. The number of amides is 1. The number of nitrogens with two attached hydrogens (primary N) is 1. The molecule has 6 heteroatoms. The molecule has 1 aliphatic rings. The molecular weight excluding hydrogens is 320 g/mol. The highest BCUT2D eigenvalue weighted by Crippen LogP contribution is 2.25. The second-order valence-corrected chi connectivity index (χ2v) is 7.30. The maximum Gasteiger partial charge on any atom is 0.225 e. The molecule has 1 aromatic rings. The highest BCUT2D eigenvalue weighted by Gasteiger charge is 2.27. The minimum absolute atomic E-state index is 0. The maximum atomic E-state index is 12.4. The summed E-state index contributed by atoms with van der Waals surface area (Å²) >= 11 is 0. The molecule has 0 saturated heterocycles. The first-order chi connectivity index (χ1) is 9.97. The van der Waals surface area contributed by atoms with Gasteiger partial charge in [-0.25, -0.2) is 0 Å². The molecule has 124 valence electrons. The van der Waals surface area contributed by atoms with E-state index in [2.05, 4.69) is 0 Å². The highest BCUT2D eigenvalue weighted by atomic mass is 35.5. The van der Waals surface area contributed by atoms with E-state index in [1.165, 1.54) is 0 Å². The lowest BCUT2D eigenvalue weighted by atomic mass is 9.85. The molecule has 0 aromatic heterocycles. The van der Waals surface area contributed by atoms with E-state index >= 15 is 0 Å².